The Bertz CT molecular complexity index is 827. The molecule has 3 N–H and O–H groups in total. The van der Waals surface area contributed by atoms with Crippen molar-refractivity contribution in [3.8, 4) is 11.4 Å². The number of aliphatic hydroxyl groups is 1. The van der Waals surface area contributed by atoms with Crippen molar-refractivity contribution in [3.05, 3.63) is 40.3 Å². The van der Waals surface area contributed by atoms with E-state index < -0.39 is 0 Å². The minimum atomic E-state index is -0.373. The van der Waals surface area contributed by atoms with Crippen LogP contribution in [-0.2, 0) is 0 Å². The second-order valence-corrected chi connectivity index (χ2v) is 7.04. The second kappa shape index (κ2) is 6.48. The highest BCUT2D eigenvalue weighted by atomic mass is 16.3. The minimum absolute atomic E-state index is 0.0106. The zero-order chi connectivity index (χ0) is 17.4. The van der Waals surface area contributed by atoms with Crippen molar-refractivity contribution in [1.82, 2.24) is 20.1 Å². The highest BCUT2D eigenvalue weighted by molar-refractivity contribution is 5.95. The van der Waals surface area contributed by atoms with Crippen LogP contribution in [0.25, 0.3) is 11.4 Å². The number of H-pyrrole nitrogens is 2. The molecular formula is C18H22N4O3. The van der Waals surface area contributed by atoms with Gasteiger partial charge >= 0.3 is 5.69 Å². The molecule has 1 aliphatic carbocycles. The first-order valence-corrected chi connectivity index (χ1v) is 8.86. The molecule has 1 amide bonds. The summed E-state index contributed by atoms with van der Waals surface area (Å²) in [5, 5.41) is 16.3. The van der Waals surface area contributed by atoms with Crippen LogP contribution in [0.3, 0.4) is 0 Å². The number of aliphatic hydroxyl groups excluding tert-OH is 1. The molecule has 1 aliphatic heterocycles. The summed E-state index contributed by atoms with van der Waals surface area (Å²) in [5.74, 6) is 0.903. The Morgan fingerprint density at radius 1 is 1.28 bits per heavy atom. The van der Waals surface area contributed by atoms with Crippen LogP contribution in [-0.4, -0.2) is 49.8 Å². The summed E-state index contributed by atoms with van der Waals surface area (Å²) in [7, 11) is 0. The number of nitrogens with zero attached hydrogens (tertiary/aromatic N) is 2. The van der Waals surface area contributed by atoms with Crippen LogP contribution in [0, 0.1) is 5.92 Å². The molecular weight excluding hydrogens is 320 g/mol. The van der Waals surface area contributed by atoms with Crippen molar-refractivity contribution >= 4 is 5.91 Å². The third-order valence-electron chi connectivity index (χ3n) is 5.45. The van der Waals surface area contributed by atoms with Gasteiger partial charge in [0, 0.05) is 23.7 Å². The van der Waals surface area contributed by atoms with Crippen LogP contribution in [0.4, 0.5) is 0 Å². The van der Waals surface area contributed by atoms with Gasteiger partial charge in [0.05, 0.1) is 6.10 Å². The van der Waals surface area contributed by atoms with E-state index >= 15 is 0 Å². The highest BCUT2D eigenvalue weighted by Crippen LogP contribution is 2.36. The third kappa shape index (κ3) is 3.11. The Kier molecular flexibility index (Phi) is 4.17. The summed E-state index contributed by atoms with van der Waals surface area (Å²) in [5.41, 5.74) is 0.908. The number of nitrogens with one attached hydrogen (secondary N) is 2. The maximum absolute atomic E-state index is 13.1. The Labute approximate surface area is 145 Å². The topological polar surface area (TPSA) is 102 Å². The van der Waals surface area contributed by atoms with Gasteiger partial charge in [-0.3, -0.25) is 9.78 Å². The van der Waals surface area contributed by atoms with Gasteiger partial charge in [-0.25, -0.2) is 9.89 Å². The van der Waals surface area contributed by atoms with Crippen LogP contribution in [0.5, 0.6) is 0 Å². The van der Waals surface area contributed by atoms with E-state index in [4.69, 9.17) is 0 Å². The number of carbonyl (C=O) groups excluding carboxylic acids is 1. The molecule has 1 saturated carbocycles. The fourth-order valence-electron chi connectivity index (χ4n) is 4.22. The quantitative estimate of drug-likeness (QED) is 0.770. The predicted molar refractivity (Wildman–Crippen MR) is 92.1 cm³/mol. The lowest BCUT2D eigenvalue weighted by atomic mass is 9.77. The molecule has 1 aromatic heterocycles. The van der Waals surface area contributed by atoms with Crippen molar-refractivity contribution in [2.24, 2.45) is 5.92 Å². The first-order valence-electron chi connectivity index (χ1n) is 8.86. The number of amides is 1. The van der Waals surface area contributed by atoms with Gasteiger partial charge in [-0.05, 0) is 50.2 Å². The number of hydrogen-bond donors (Lipinski definition) is 3. The average molecular weight is 342 g/mol. The summed E-state index contributed by atoms with van der Waals surface area (Å²) >= 11 is 0. The zero-order valence-electron chi connectivity index (χ0n) is 13.9. The first-order chi connectivity index (χ1) is 12.1. The SMILES string of the molecule is O=C(c1cccc(-c2n[nH]c(=O)[nH]2)c1)N1CCC[C@H]2CC[C@@H](O)C[C@H]21. The first kappa shape index (κ1) is 16.1. The van der Waals surface area contributed by atoms with E-state index in [0.717, 1.165) is 32.2 Å². The lowest BCUT2D eigenvalue weighted by Crippen LogP contribution is -2.51. The molecule has 1 aromatic carbocycles. The summed E-state index contributed by atoms with van der Waals surface area (Å²) in [4.78, 5) is 28.9. The molecule has 0 bridgehead atoms. The summed E-state index contributed by atoms with van der Waals surface area (Å²) in [6.07, 6.45) is 4.33. The molecule has 1 saturated heterocycles. The van der Waals surface area contributed by atoms with Gasteiger partial charge in [-0.15, -0.1) is 0 Å². The van der Waals surface area contributed by atoms with Gasteiger partial charge in [-0.2, -0.15) is 5.10 Å². The largest absolute Gasteiger partial charge is 0.393 e. The van der Waals surface area contributed by atoms with Gasteiger partial charge in [0.15, 0.2) is 5.82 Å². The van der Waals surface area contributed by atoms with E-state index in [1.165, 1.54) is 0 Å². The summed E-state index contributed by atoms with van der Waals surface area (Å²) < 4.78 is 0. The smallest absolute Gasteiger partial charge is 0.340 e. The molecule has 3 atom stereocenters. The molecule has 2 heterocycles. The molecule has 7 heteroatoms. The van der Waals surface area contributed by atoms with Crippen molar-refractivity contribution in [1.29, 1.82) is 0 Å². The zero-order valence-corrected chi connectivity index (χ0v) is 13.9. The molecule has 2 aromatic rings. The van der Waals surface area contributed by atoms with Crippen LogP contribution < -0.4 is 5.69 Å². The van der Waals surface area contributed by atoms with Crippen LogP contribution in [0.15, 0.2) is 29.1 Å². The molecule has 2 fully saturated rings. The highest BCUT2D eigenvalue weighted by Gasteiger charge is 2.38. The number of aromatic nitrogens is 3. The second-order valence-electron chi connectivity index (χ2n) is 7.04. The lowest BCUT2D eigenvalue weighted by Gasteiger charge is -2.45. The number of benzene rings is 1. The fourth-order valence-corrected chi connectivity index (χ4v) is 4.22. The molecule has 132 valence electrons. The Balaban J connectivity index is 1.60. The van der Waals surface area contributed by atoms with Crippen LogP contribution in [0.2, 0.25) is 0 Å². The normalized spacial score (nSPS) is 26.3. The molecule has 25 heavy (non-hydrogen) atoms. The van der Waals surface area contributed by atoms with E-state index in [2.05, 4.69) is 15.2 Å². The van der Waals surface area contributed by atoms with Crippen LogP contribution >= 0.6 is 0 Å². The fraction of sp³-hybridized carbons (Fsp3) is 0.500. The van der Waals surface area contributed by atoms with Gasteiger partial charge < -0.3 is 10.0 Å². The summed E-state index contributed by atoms with van der Waals surface area (Å²) in [6.45, 7) is 0.732. The molecule has 2 aliphatic rings. The van der Waals surface area contributed by atoms with E-state index in [1.54, 1.807) is 18.2 Å². The number of piperidine rings is 1. The van der Waals surface area contributed by atoms with Crippen molar-refractivity contribution in [2.75, 3.05) is 6.54 Å². The maximum atomic E-state index is 13.1. The number of carbonyl (C=O) groups is 1. The van der Waals surface area contributed by atoms with Crippen LogP contribution in [0.1, 0.15) is 42.5 Å². The van der Waals surface area contributed by atoms with E-state index in [-0.39, 0.29) is 23.7 Å². The Morgan fingerprint density at radius 2 is 2.16 bits per heavy atom. The number of aromatic amines is 2. The third-order valence-corrected chi connectivity index (χ3v) is 5.45. The van der Waals surface area contributed by atoms with Crippen molar-refractivity contribution in [3.63, 3.8) is 0 Å². The van der Waals surface area contributed by atoms with Gasteiger partial charge in [0.25, 0.3) is 5.91 Å². The number of fused-ring (bicyclic) bond motifs is 1. The number of likely N-dealkylation sites (tertiary alicyclic amines) is 1. The molecule has 0 radical (unpaired) electrons. The monoisotopic (exact) mass is 342 g/mol. The predicted octanol–water partition coefficient (Wildman–Crippen LogP) is 1.53. The summed E-state index contributed by atoms with van der Waals surface area (Å²) in [6, 6.07) is 7.29. The van der Waals surface area contributed by atoms with E-state index in [0.29, 0.717) is 29.3 Å². The van der Waals surface area contributed by atoms with Crippen molar-refractivity contribution in [2.45, 2.75) is 44.2 Å². The van der Waals surface area contributed by atoms with Gasteiger partial charge in [0.2, 0.25) is 0 Å². The maximum Gasteiger partial charge on any atom is 0.340 e. The molecule has 7 nitrogen and oxygen atoms in total. The lowest BCUT2D eigenvalue weighted by molar-refractivity contribution is 0.00570. The Hall–Kier alpha value is -2.41. The van der Waals surface area contributed by atoms with Crippen molar-refractivity contribution < 1.29 is 9.90 Å². The molecule has 4 rings (SSSR count). The average Bonchev–Trinajstić information content (AvgIpc) is 3.07. The molecule has 0 spiro atoms. The van der Waals surface area contributed by atoms with Gasteiger partial charge in [0.1, 0.15) is 0 Å². The standard InChI is InChI=1S/C18H22N4O3/c23-14-7-6-11-5-2-8-22(15(11)10-14)17(24)13-4-1-3-12(9-13)16-19-18(25)21-20-16/h1,3-4,9,11,14-15,23H,2,5-8,10H2,(H2,19,20,21,25)/t11-,14+,15+/m0/s1. The van der Waals surface area contributed by atoms with Gasteiger partial charge in [-0.1, -0.05) is 12.1 Å². The number of rotatable bonds is 2. The number of hydrogen-bond acceptors (Lipinski definition) is 4. The van der Waals surface area contributed by atoms with E-state index in [9.17, 15) is 14.7 Å². The molecule has 0 unspecified atom stereocenters. The minimum Gasteiger partial charge on any atom is -0.393 e. The van der Waals surface area contributed by atoms with E-state index in [1.807, 2.05) is 11.0 Å². The Morgan fingerprint density at radius 3 is 2.96 bits per heavy atom.